The number of carbonyl (C=O) groups is 1. The fourth-order valence-corrected chi connectivity index (χ4v) is 2.93. The van der Waals surface area contributed by atoms with Crippen molar-refractivity contribution >= 4 is 16.3 Å². The van der Waals surface area contributed by atoms with E-state index >= 15 is 0 Å². The zero-order valence-corrected chi connectivity index (χ0v) is 12.7. The highest BCUT2D eigenvalue weighted by Crippen LogP contribution is 2.16. The molecule has 1 amide bonds. The highest BCUT2D eigenvalue weighted by atomic mass is 32.2. The Hall–Kier alpha value is -1.37. The molecule has 1 saturated heterocycles. The zero-order chi connectivity index (χ0) is 15.4. The van der Waals surface area contributed by atoms with Crippen molar-refractivity contribution in [2.75, 3.05) is 32.8 Å². The number of nitrogens with zero attached hydrogens (tertiary/aromatic N) is 3. The zero-order valence-electron chi connectivity index (χ0n) is 11.9. The minimum Gasteiger partial charge on any atom is -0.449 e. The molecule has 20 heavy (non-hydrogen) atoms. The second-order valence-electron chi connectivity index (χ2n) is 4.88. The first kappa shape index (κ1) is 16.7. The summed E-state index contributed by atoms with van der Waals surface area (Å²) in [4.78, 5) is 13.1. The molecular formula is C11H20N4O4S. The largest absolute Gasteiger partial charge is 0.449 e. The van der Waals surface area contributed by atoms with E-state index in [1.807, 2.05) is 9.62 Å². The van der Waals surface area contributed by atoms with E-state index in [0.29, 0.717) is 13.1 Å². The van der Waals surface area contributed by atoms with Crippen molar-refractivity contribution in [3.05, 3.63) is 0 Å². The van der Waals surface area contributed by atoms with Crippen LogP contribution < -0.4 is 4.72 Å². The van der Waals surface area contributed by atoms with E-state index in [-0.39, 0.29) is 19.7 Å². The van der Waals surface area contributed by atoms with E-state index in [0.717, 1.165) is 0 Å². The van der Waals surface area contributed by atoms with Gasteiger partial charge in [0.15, 0.2) is 0 Å². The molecule has 1 heterocycles. The number of piperazine rings is 1. The molecular weight excluding hydrogens is 284 g/mol. The van der Waals surface area contributed by atoms with Crippen LogP contribution in [0.15, 0.2) is 0 Å². The van der Waals surface area contributed by atoms with Crippen molar-refractivity contribution in [1.82, 2.24) is 13.9 Å². The van der Waals surface area contributed by atoms with Gasteiger partial charge in [0.1, 0.15) is 5.54 Å². The summed E-state index contributed by atoms with van der Waals surface area (Å²) in [5.74, 6) is 0. The molecule has 0 atom stereocenters. The number of hydrogen-bond donors (Lipinski definition) is 1. The summed E-state index contributed by atoms with van der Waals surface area (Å²) in [6.45, 7) is 6.58. The van der Waals surface area contributed by atoms with Crippen molar-refractivity contribution < 1.29 is 17.9 Å². The highest BCUT2D eigenvalue weighted by molar-refractivity contribution is 7.87. The normalized spacial score (nSPS) is 18.3. The molecule has 114 valence electrons. The predicted molar refractivity (Wildman–Crippen MR) is 71.9 cm³/mol. The summed E-state index contributed by atoms with van der Waals surface area (Å²) in [6.07, 6.45) is -0.979. The van der Waals surface area contributed by atoms with E-state index in [1.165, 1.54) is 4.31 Å². The Morgan fingerprint density at radius 1 is 1.35 bits per heavy atom. The number of hydrogen-bond acceptors (Lipinski definition) is 6. The smallest absolute Gasteiger partial charge is 0.421 e. The Balaban J connectivity index is 2.61. The van der Waals surface area contributed by atoms with Gasteiger partial charge in [0.05, 0.1) is 12.7 Å². The summed E-state index contributed by atoms with van der Waals surface area (Å²) in [7, 11) is -3.88. The van der Waals surface area contributed by atoms with Crippen LogP contribution in [0.1, 0.15) is 20.8 Å². The Morgan fingerprint density at radius 3 is 2.35 bits per heavy atom. The van der Waals surface area contributed by atoms with E-state index in [1.54, 1.807) is 20.8 Å². The molecule has 0 radical (unpaired) electrons. The van der Waals surface area contributed by atoms with Crippen LogP contribution >= 0.6 is 0 Å². The molecule has 0 aromatic carbocycles. The van der Waals surface area contributed by atoms with Gasteiger partial charge >= 0.3 is 16.3 Å². The van der Waals surface area contributed by atoms with Crippen molar-refractivity contribution in [3.63, 3.8) is 0 Å². The first-order chi connectivity index (χ1) is 9.23. The van der Waals surface area contributed by atoms with Crippen LogP contribution in [0.4, 0.5) is 4.79 Å². The van der Waals surface area contributed by atoms with Crippen molar-refractivity contribution in [2.24, 2.45) is 0 Å². The maximum Gasteiger partial charge on any atom is 0.421 e. The molecule has 0 aliphatic carbocycles. The minimum absolute atomic E-state index is 0.103. The van der Waals surface area contributed by atoms with Gasteiger partial charge in [-0.05, 0) is 20.8 Å². The standard InChI is InChI=1S/C11H20N4O4S/c1-4-19-10(16)13-20(17,18)15-7-5-14(6-8-15)11(2,3)9-12/h4-8H2,1-3H3,(H,13,16). The van der Waals surface area contributed by atoms with Gasteiger partial charge < -0.3 is 4.74 Å². The van der Waals surface area contributed by atoms with Gasteiger partial charge in [0.25, 0.3) is 0 Å². The molecule has 8 nitrogen and oxygen atoms in total. The second-order valence-corrected chi connectivity index (χ2v) is 6.56. The molecule has 1 fully saturated rings. The third-order valence-electron chi connectivity index (χ3n) is 3.13. The molecule has 9 heteroatoms. The number of nitrogens with one attached hydrogen (secondary N) is 1. The van der Waals surface area contributed by atoms with Crippen LogP contribution in [0.2, 0.25) is 0 Å². The van der Waals surface area contributed by atoms with Gasteiger partial charge in [-0.1, -0.05) is 0 Å². The van der Waals surface area contributed by atoms with Gasteiger partial charge in [0, 0.05) is 26.2 Å². The number of carbonyl (C=O) groups excluding carboxylic acids is 1. The third-order valence-corrected chi connectivity index (χ3v) is 4.60. The number of rotatable bonds is 4. The van der Waals surface area contributed by atoms with E-state index < -0.39 is 21.8 Å². The van der Waals surface area contributed by atoms with Crippen LogP contribution in [0.25, 0.3) is 0 Å². The lowest BCUT2D eigenvalue weighted by Crippen LogP contribution is -2.57. The van der Waals surface area contributed by atoms with E-state index in [2.05, 4.69) is 10.8 Å². The minimum atomic E-state index is -3.88. The van der Waals surface area contributed by atoms with Crippen molar-refractivity contribution in [1.29, 1.82) is 5.26 Å². The second kappa shape index (κ2) is 6.39. The van der Waals surface area contributed by atoms with Crippen LogP contribution in [0.5, 0.6) is 0 Å². The third kappa shape index (κ3) is 4.06. The van der Waals surface area contributed by atoms with Crippen LogP contribution in [0.3, 0.4) is 0 Å². The molecule has 0 spiro atoms. The van der Waals surface area contributed by atoms with E-state index in [4.69, 9.17) is 5.26 Å². The topological polar surface area (TPSA) is 103 Å². The Bertz CT molecular complexity index is 489. The summed E-state index contributed by atoms with van der Waals surface area (Å²) in [5.41, 5.74) is -0.635. The lowest BCUT2D eigenvalue weighted by atomic mass is 10.0. The van der Waals surface area contributed by atoms with Gasteiger partial charge in [-0.25, -0.2) is 9.52 Å². The maximum atomic E-state index is 11.9. The summed E-state index contributed by atoms with van der Waals surface area (Å²) in [5, 5.41) is 9.05. The van der Waals surface area contributed by atoms with Gasteiger partial charge in [-0.2, -0.15) is 18.0 Å². The van der Waals surface area contributed by atoms with E-state index in [9.17, 15) is 13.2 Å². The fourth-order valence-electron chi connectivity index (χ4n) is 1.89. The molecule has 0 bridgehead atoms. The lowest BCUT2D eigenvalue weighted by molar-refractivity contribution is 0.114. The summed E-state index contributed by atoms with van der Waals surface area (Å²) < 4.78 is 31.4. The molecule has 1 N–H and O–H groups in total. The average Bonchev–Trinajstić information content (AvgIpc) is 2.38. The molecule has 1 aliphatic heterocycles. The number of ether oxygens (including phenoxy) is 1. The molecule has 0 unspecified atom stereocenters. The first-order valence-corrected chi connectivity index (χ1v) is 7.78. The Labute approximate surface area is 119 Å². The molecule has 1 rings (SSSR count). The van der Waals surface area contributed by atoms with Crippen molar-refractivity contribution in [2.45, 2.75) is 26.3 Å². The molecule has 0 saturated carbocycles. The molecule has 1 aliphatic rings. The van der Waals surface area contributed by atoms with Crippen LogP contribution in [-0.2, 0) is 14.9 Å². The van der Waals surface area contributed by atoms with Crippen LogP contribution in [-0.4, -0.2) is 62.0 Å². The maximum absolute atomic E-state index is 11.9. The molecule has 0 aromatic rings. The summed E-state index contributed by atoms with van der Waals surface area (Å²) in [6, 6.07) is 2.18. The van der Waals surface area contributed by atoms with Crippen LogP contribution in [0, 0.1) is 11.3 Å². The quantitative estimate of drug-likeness (QED) is 0.778. The fraction of sp³-hybridized carbons (Fsp3) is 0.818. The first-order valence-electron chi connectivity index (χ1n) is 6.34. The Kier molecular flexibility index (Phi) is 5.33. The number of amides is 1. The predicted octanol–water partition coefficient (Wildman–Crippen LogP) is -0.103. The SMILES string of the molecule is CCOC(=O)NS(=O)(=O)N1CCN(C(C)(C)C#N)CC1. The summed E-state index contributed by atoms with van der Waals surface area (Å²) >= 11 is 0. The Morgan fingerprint density at radius 2 is 1.90 bits per heavy atom. The molecule has 0 aromatic heterocycles. The average molecular weight is 304 g/mol. The lowest BCUT2D eigenvalue weighted by Gasteiger charge is -2.39. The monoisotopic (exact) mass is 304 g/mol. The van der Waals surface area contributed by atoms with Gasteiger partial charge in [-0.15, -0.1) is 0 Å². The van der Waals surface area contributed by atoms with Gasteiger partial charge in [-0.3, -0.25) is 4.90 Å². The van der Waals surface area contributed by atoms with Gasteiger partial charge in [0.2, 0.25) is 0 Å². The van der Waals surface area contributed by atoms with Crippen molar-refractivity contribution in [3.8, 4) is 6.07 Å². The number of nitriles is 1. The highest BCUT2D eigenvalue weighted by Gasteiger charge is 2.34.